The third-order valence-electron chi connectivity index (χ3n) is 4.67. The summed E-state index contributed by atoms with van der Waals surface area (Å²) in [6.45, 7) is 1.99. The third kappa shape index (κ3) is 4.45. The van der Waals surface area contributed by atoms with Crippen molar-refractivity contribution in [2.75, 3.05) is 16.4 Å². The van der Waals surface area contributed by atoms with Gasteiger partial charge in [0.15, 0.2) is 0 Å². The van der Waals surface area contributed by atoms with E-state index in [1.165, 1.54) is 19.3 Å². The van der Waals surface area contributed by atoms with E-state index >= 15 is 0 Å². The van der Waals surface area contributed by atoms with E-state index in [9.17, 15) is 4.79 Å². The van der Waals surface area contributed by atoms with Crippen LogP contribution in [0.25, 0.3) is 0 Å². The highest BCUT2D eigenvalue weighted by molar-refractivity contribution is 6.34. The zero-order valence-electron chi connectivity index (χ0n) is 14.4. The first-order valence-corrected chi connectivity index (χ1v) is 9.14. The minimum absolute atomic E-state index is 0.185. The van der Waals surface area contributed by atoms with Crippen molar-refractivity contribution in [3.8, 4) is 0 Å². The van der Waals surface area contributed by atoms with Crippen LogP contribution in [0.5, 0.6) is 0 Å². The lowest BCUT2D eigenvalue weighted by Gasteiger charge is -2.25. The number of carbonyl (C=O) groups excluding carboxylic acids is 1. The molecule has 2 aromatic rings. The van der Waals surface area contributed by atoms with Crippen LogP contribution in [0, 0.1) is 6.92 Å². The second-order valence-electron chi connectivity index (χ2n) is 6.72. The summed E-state index contributed by atoms with van der Waals surface area (Å²) in [6.07, 6.45) is 6.07. The molecule has 0 bridgehead atoms. The van der Waals surface area contributed by atoms with Crippen LogP contribution < -0.4 is 16.4 Å². The van der Waals surface area contributed by atoms with Crippen molar-refractivity contribution in [1.29, 1.82) is 0 Å². The maximum absolute atomic E-state index is 12.4. The molecule has 4 nitrogen and oxygen atoms in total. The second kappa shape index (κ2) is 7.79. The van der Waals surface area contributed by atoms with Gasteiger partial charge in [-0.25, -0.2) is 0 Å². The molecular formula is C20H24ClN3O. The van der Waals surface area contributed by atoms with Crippen LogP contribution in [-0.2, 0) is 0 Å². The molecule has 0 spiro atoms. The number of rotatable bonds is 4. The van der Waals surface area contributed by atoms with Gasteiger partial charge in [-0.05, 0) is 44.0 Å². The summed E-state index contributed by atoms with van der Waals surface area (Å²) in [5.74, 6) is -0.185. The van der Waals surface area contributed by atoms with E-state index in [-0.39, 0.29) is 5.91 Å². The van der Waals surface area contributed by atoms with Crippen LogP contribution in [0.2, 0.25) is 5.02 Å². The van der Waals surface area contributed by atoms with Gasteiger partial charge in [-0.2, -0.15) is 0 Å². The molecule has 4 N–H and O–H groups in total. The Bertz CT molecular complexity index is 752. The molecule has 0 atom stereocenters. The quantitative estimate of drug-likeness (QED) is 0.656. The van der Waals surface area contributed by atoms with Gasteiger partial charge in [0.1, 0.15) is 0 Å². The number of benzene rings is 2. The van der Waals surface area contributed by atoms with Gasteiger partial charge in [0.05, 0.1) is 22.1 Å². The van der Waals surface area contributed by atoms with Crippen molar-refractivity contribution in [2.45, 2.75) is 45.1 Å². The standard InChI is InChI=1S/C20H24ClN3O/c1-13-7-9-14(10-8-13)20(25)24-18-12-19(17(22)11-16(18)21)23-15-5-3-2-4-6-15/h7-12,15,23H,2-6,22H2,1H3,(H,24,25). The molecule has 0 aromatic heterocycles. The first-order chi connectivity index (χ1) is 12.0. The van der Waals surface area contributed by atoms with E-state index in [0.29, 0.717) is 28.0 Å². The monoisotopic (exact) mass is 357 g/mol. The molecule has 132 valence electrons. The first kappa shape index (κ1) is 17.6. The minimum Gasteiger partial charge on any atom is -0.397 e. The van der Waals surface area contributed by atoms with Crippen molar-refractivity contribution in [3.05, 3.63) is 52.5 Å². The van der Waals surface area contributed by atoms with E-state index in [4.69, 9.17) is 17.3 Å². The Balaban J connectivity index is 1.77. The molecule has 0 radical (unpaired) electrons. The molecule has 2 aromatic carbocycles. The van der Waals surface area contributed by atoms with Crippen LogP contribution in [0.15, 0.2) is 36.4 Å². The van der Waals surface area contributed by atoms with Gasteiger partial charge in [0.2, 0.25) is 0 Å². The topological polar surface area (TPSA) is 67.2 Å². The van der Waals surface area contributed by atoms with Crippen LogP contribution in [0.3, 0.4) is 0 Å². The van der Waals surface area contributed by atoms with E-state index in [0.717, 1.165) is 24.1 Å². The average Bonchev–Trinajstić information content (AvgIpc) is 2.60. The van der Waals surface area contributed by atoms with Gasteiger partial charge >= 0.3 is 0 Å². The Morgan fingerprint density at radius 1 is 1.08 bits per heavy atom. The molecule has 0 heterocycles. The molecule has 0 saturated heterocycles. The summed E-state index contributed by atoms with van der Waals surface area (Å²) in [5, 5.41) is 6.82. The number of aryl methyl sites for hydroxylation is 1. The molecule has 1 fully saturated rings. The number of hydrogen-bond acceptors (Lipinski definition) is 3. The number of nitrogens with one attached hydrogen (secondary N) is 2. The largest absolute Gasteiger partial charge is 0.397 e. The highest BCUT2D eigenvalue weighted by Crippen LogP contribution is 2.33. The predicted molar refractivity (Wildman–Crippen MR) is 105 cm³/mol. The Hall–Kier alpha value is -2.20. The van der Waals surface area contributed by atoms with E-state index in [2.05, 4.69) is 10.6 Å². The average molecular weight is 358 g/mol. The van der Waals surface area contributed by atoms with Crippen molar-refractivity contribution < 1.29 is 4.79 Å². The number of nitrogens with two attached hydrogens (primary N) is 1. The zero-order valence-corrected chi connectivity index (χ0v) is 15.2. The molecule has 1 amide bonds. The fourth-order valence-electron chi connectivity index (χ4n) is 3.18. The molecule has 1 saturated carbocycles. The van der Waals surface area contributed by atoms with Gasteiger partial charge < -0.3 is 16.4 Å². The van der Waals surface area contributed by atoms with Crippen molar-refractivity contribution in [1.82, 2.24) is 0 Å². The Labute approximate surface area is 153 Å². The number of hydrogen-bond donors (Lipinski definition) is 3. The Morgan fingerprint density at radius 3 is 2.44 bits per heavy atom. The predicted octanol–water partition coefficient (Wildman–Crippen LogP) is 5.23. The summed E-state index contributed by atoms with van der Waals surface area (Å²) in [6, 6.07) is 11.4. The van der Waals surface area contributed by atoms with Gasteiger partial charge in [0.25, 0.3) is 5.91 Å². The Kier molecular flexibility index (Phi) is 5.49. The molecule has 0 unspecified atom stereocenters. The summed E-state index contributed by atoms with van der Waals surface area (Å²) < 4.78 is 0. The van der Waals surface area contributed by atoms with Crippen LogP contribution in [-0.4, -0.2) is 11.9 Å². The van der Waals surface area contributed by atoms with Crippen molar-refractivity contribution in [2.24, 2.45) is 0 Å². The first-order valence-electron chi connectivity index (χ1n) is 8.76. The highest BCUT2D eigenvalue weighted by Gasteiger charge is 2.16. The molecule has 3 rings (SSSR count). The van der Waals surface area contributed by atoms with Crippen molar-refractivity contribution in [3.63, 3.8) is 0 Å². The van der Waals surface area contributed by atoms with E-state index in [1.54, 1.807) is 18.2 Å². The van der Waals surface area contributed by atoms with Gasteiger partial charge in [-0.15, -0.1) is 0 Å². The Morgan fingerprint density at radius 2 is 1.76 bits per heavy atom. The van der Waals surface area contributed by atoms with Crippen LogP contribution in [0.1, 0.15) is 48.0 Å². The highest BCUT2D eigenvalue weighted by atomic mass is 35.5. The minimum atomic E-state index is -0.185. The smallest absolute Gasteiger partial charge is 0.255 e. The lowest BCUT2D eigenvalue weighted by Crippen LogP contribution is -2.23. The summed E-state index contributed by atoms with van der Waals surface area (Å²) in [4.78, 5) is 12.4. The lowest BCUT2D eigenvalue weighted by molar-refractivity contribution is 0.102. The molecule has 25 heavy (non-hydrogen) atoms. The maximum Gasteiger partial charge on any atom is 0.255 e. The fourth-order valence-corrected chi connectivity index (χ4v) is 3.40. The number of carbonyl (C=O) groups is 1. The molecule has 5 heteroatoms. The summed E-state index contributed by atoms with van der Waals surface area (Å²) in [7, 11) is 0. The molecule has 1 aliphatic carbocycles. The van der Waals surface area contributed by atoms with Crippen molar-refractivity contribution >= 4 is 34.6 Å². The molecule has 0 aliphatic heterocycles. The number of anilines is 3. The lowest BCUT2D eigenvalue weighted by atomic mass is 9.95. The SMILES string of the molecule is Cc1ccc(C(=O)Nc2cc(NC3CCCCC3)c(N)cc2Cl)cc1. The van der Waals surface area contributed by atoms with Gasteiger partial charge in [-0.3, -0.25) is 4.79 Å². The van der Waals surface area contributed by atoms with Gasteiger partial charge in [0, 0.05) is 11.6 Å². The van der Waals surface area contributed by atoms with Crippen LogP contribution in [0.4, 0.5) is 17.1 Å². The van der Waals surface area contributed by atoms with E-state index in [1.807, 2.05) is 25.1 Å². The number of nitrogen functional groups attached to an aromatic ring is 1. The van der Waals surface area contributed by atoms with Crippen LogP contribution >= 0.6 is 11.6 Å². The fraction of sp³-hybridized carbons (Fsp3) is 0.350. The zero-order chi connectivity index (χ0) is 17.8. The maximum atomic E-state index is 12.4. The van der Waals surface area contributed by atoms with E-state index < -0.39 is 0 Å². The summed E-state index contributed by atoms with van der Waals surface area (Å²) >= 11 is 6.28. The normalized spacial score (nSPS) is 15.0. The summed E-state index contributed by atoms with van der Waals surface area (Å²) in [5.41, 5.74) is 9.82. The molecular weight excluding hydrogens is 334 g/mol. The number of halogens is 1. The third-order valence-corrected chi connectivity index (χ3v) is 4.98. The second-order valence-corrected chi connectivity index (χ2v) is 7.13. The molecule has 1 aliphatic rings. The van der Waals surface area contributed by atoms with Gasteiger partial charge in [-0.1, -0.05) is 48.6 Å². The number of amides is 1.